The van der Waals surface area contributed by atoms with Gasteiger partial charge < -0.3 is 9.47 Å². The molecule has 0 unspecified atom stereocenters. The molecule has 0 radical (unpaired) electrons. The maximum Gasteiger partial charge on any atom is 0.337 e. The number of methoxy groups -OCH3 is 1. The number of rotatable bonds is 1. The van der Waals surface area contributed by atoms with Gasteiger partial charge in [0, 0.05) is 12.8 Å². The third-order valence-corrected chi connectivity index (χ3v) is 4.61. The fraction of sp³-hybridized carbons (Fsp3) is 0.692. The highest BCUT2D eigenvalue weighted by Crippen LogP contribution is 2.66. The quantitative estimate of drug-likeness (QED) is 0.651. The molecule has 2 atom stereocenters. The van der Waals surface area contributed by atoms with E-state index in [2.05, 4.69) is 0 Å². The fourth-order valence-corrected chi connectivity index (χ4v) is 4.12. The summed E-state index contributed by atoms with van der Waals surface area (Å²) in [5.41, 5.74) is -0.206. The van der Waals surface area contributed by atoms with Crippen molar-refractivity contribution >= 4 is 11.8 Å². The summed E-state index contributed by atoms with van der Waals surface area (Å²) in [5, 5.41) is 0. The zero-order valence-electron chi connectivity index (χ0n) is 10.2. The summed E-state index contributed by atoms with van der Waals surface area (Å²) in [7, 11) is 1.38. The Morgan fingerprint density at radius 2 is 2.12 bits per heavy atom. The minimum atomic E-state index is -0.433. The van der Waals surface area contributed by atoms with Crippen molar-refractivity contribution in [2.24, 2.45) is 5.41 Å². The Hall–Kier alpha value is -1.32. The van der Waals surface area contributed by atoms with Gasteiger partial charge in [-0.05, 0) is 26.2 Å². The first-order chi connectivity index (χ1) is 8.05. The maximum absolute atomic E-state index is 11.9. The minimum absolute atomic E-state index is 0.207. The molecule has 0 aromatic rings. The van der Waals surface area contributed by atoms with Crippen molar-refractivity contribution in [2.75, 3.05) is 7.11 Å². The number of esters is 1. The van der Waals surface area contributed by atoms with Gasteiger partial charge in [-0.1, -0.05) is 0 Å². The van der Waals surface area contributed by atoms with Gasteiger partial charge in [0.25, 0.3) is 0 Å². The molecular weight excluding hydrogens is 220 g/mol. The summed E-state index contributed by atoms with van der Waals surface area (Å²) in [6, 6.07) is 0. The second-order valence-electron chi connectivity index (χ2n) is 5.35. The first-order valence-electron chi connectivity index (χ1n) is 6.05. The second kappa shape index (κ2) is 3.12. The summed E-state index contributed by atoms with van der Waals surface area (Å²) in [5.74, 6) is 0.531. The zero-order valence-corrected chi connectivity index (χ0v) is 10.2. The van der Waals surface area contributed by atoms with Crippen molar-refractivity contribution in [3.63, 3.8) is 0 Å². The van der Waals surface area contributed by atoms with Crippen LogP contribution in [0.1, 0.15) is 39.0 Å². The molecule has 3 rings (SSSR count). The Kier molecular flexibility index (Phi) is 1.98. The normalized spacial score (nSPS) is 39.1. The molecule has 1 heterocycles. The highest BCUT2D eigenvalue weighted by Gasteiger charge is 2.69. The lowest BCUT2D eigenvalue weighted by Gasteiger charge is -2.32. The number of ketones is 1. The van der Waals surface area contributed by atoms with Gasteiger partial charge in [-0.25, -0.2) is 4.79 Å². The molecule has 0 N–H and O–H groups in total. The van der Waals surface area contributed by atoms with Gasteiger partial charge in [0.2, 0.25) is 0 Å². The minimum Gasteiger partial charge on any atom is -0.490 e. The molecule has 17 heavy (non-hydrogen) atoms. The first-order valence-corrected chi connectivity index (χ1v) is 6.05. The Labute approximate surface area is 100.0 Å². The highest BCUT2D eigenvalue weighted by atomic mass is 16.5. The molecule has 0 spiro atoms. The van der Waals surface area contributed by atoms with Crippen molar-refractivity contribution in [2.45, 2.75) is 44.6 Å². The molecule has 3 aliphatic rings. The average Bonchev–Trinajstić information content (AvgIpc) is 2.74. The molecule has 0 bridgehead atoms. The topological polar surface area (TPSA) is 52.6 Å². The van der Waals surface area contributed by atoms with E-state index in [-0.39, 0.29) is 17.2 Å². The monoisotopic (exact) mass is 236 g/mol. The molecule has 2 fully saturated rings. The number of carbonyl (C=O) groups is 2. The van der Waals surface area contributed by atoms with E-state index < -0.39 is 5.60 Å². The van der Waals surface area contributed by atoms with E-state index >= 15 is 0 Å². The van der Waals surface area contributed by atoms with Gasteiger partial charge in [-0.2, -0.15) is 0 Å². The van der Waals surface area contributed by atoms with Crippen molar-refractivity contribution in [3.8, 4) is 0 Å². The molecule has 4 nitrogen and oxygen atoms in total. The Morgan fingerprint density at radius 1 is 1.35 bits per heavy atom. The van der Waals surface area contributed by atoms with Crippen LogP contribution in [0, 0.1) is 5.41 Å². The molecule has 2 saturated carbocycles. The van der Waals surface area contributed by atoms with Crippen LogP contribution in [0.4, 0.5) is 0 Å². The summed E-state index contributed by atoms with van der Waals surface area (Å²) < 4.78 is 10.8. The van der Waals surface area contributed by atoms with Crippen LogP contribution in [0.2, 0.25) is 0 Å². The van der Waals surface area contributed by atoms with Crippen molar-refractivity contribution in [1.82, 2.24) is 0 Å². The van der Waals surface area contributed by atoms with Crippen LogP contribution < -0.4 is 0 Å². The van der Waals surface area contributed by atoms with Crippen molar-refractivity contribution < 1.29 is 19.1 Å². The molecule has 0 saturated heterocycles. The van der Waals surface area contributed by atoms with Crippen molar-refractivity contribution in [3.05, 3.63) is 11.3 Å². The van der Waals surface area contributed by atoms with E-state index in [4.69, 9.17) is 9.47 Å². The molecule has 0 aromatic heterocycles. The molecule has 4 heteroatoms. The number of hydrogen-bond donors (Lipinski definition) is 0. The van der Waals surface area contributed by atoms with Gasteiger partial charge in [-0.3, -0.25) is 4.79 Å². The third-order valence-electron chi connectivity index (χ3n) is 4.61. The van der Waals surface area contributed by atoms with Crippen LogP contribution in [0.25, 0.3) is 0 Å². The number of hydrogen-bond acceptors (Lipinski definition) is 4. The first kappa shape index (κ1) is 10.8. The van der Waals surface area contributed by atoms with E-state index in [1.54, 1.807) is 0 Å². The molecule has 0 amide bonds. The lowest BCUT2D eigenvalue weighted by Crippen LogP contribution is -2.39. The Bertz CT molecular complexity index is 450. The largest absolute Gasteiger partial charge is 0.490 e. The van der Waals surface area contributed by atoms with Gasteiger partial charge in [0.05, 0.1) is 18.1 Å². The molecule has 2 aliphatic carbocycles. The van der Waals surface area contributed by atoms with Crippen molar-refractivity contribution in [1.29, 1.82) is 0 Å². The maximum atomic E-state index is 11.9. The van der Waals surface area contributed by atoms with Crippen LogP contribution in [0.3, 0.4) is 0 Å². The average molecular weight is 236 g/mol. The molecule has 0 aromatic carbocycles. The van der Waals surface area contributed by atoms with Crippen LogP contribution in [0.15, 0.2) is 11.3 Å². The van der Waals surface area contributed by atoms with E-state index in [0.29, 0.717) is 24.2 Å². The SMILES string of the molecule is COC(=O)C1=C(C)O[C@]23CCC[C@]12CC(=O)C3. The van der Waals surface area contributed by atoms with Gasteiger partial charge in [-0.15, -0.1) is 0 Å². The lowest BCUT2D eigenvalue weighted by atomic mass is 9.72. The number of carbonyl (C=O) groups excluding carboxylic acids is 2. The van der Waals surface area contributed by atoms with Crippen LogP contribution in [-0.2, 0) is 19.1 Å². The number of ether oxygens (including phenoxy) is 2. The number of allylic oxidation sites excluding steroid dienone is 1. The predicted octanol–water partition coefficient (Wildman–Crippen LogP) is 1.74. The second-order valence-corrected chi connectivity index (χ2v) is 5.35. The standard InChI is InChI=1S/C13H16O4/c1-8-10(11(15)16-2)12-4-3-5-13(12,17-8)7-9(14)6-12/h3-7H2,1-2H3/t12-,13-/m0/s1. The van der Waals surface area contributed by atoms with E-state index in [1.165, 1.54) is 7.11 Å². The molecule has 92 valence electrons. The van der Waals surface area contributed by atoms with E-state index in [1.807, 2.05) is 6.92 Å². The zero-order chi connectivity index (χ0) is 12.3. The van der Waals surface area contributed by atoms with E-state index in [0.717, 1.165) is 19.3 Å². The summed E-state index contributed by atoms with van der Waals surface area (Å²) in [6.07, 6.45) is 3.64. The van der Waals surface area contributed by atoms with Gasteiger partial charge >= 0.3 is 5.97 Å². The third kappa shape index (κ3) is 1.08. The number of Topliss-reactive ketones (excluding diaryl/α,β-unsaturated/α-hetero) is 1. The van der Waals surface area contributed by atoms with Crippen LogP contribution >= 0.6 is 0 Å². The molecular formula is C13H16O4. The van der Waals surface area contributed by atoms with Crippen LogP contribution in [-0.4, -0.2) is 24.5 Å². The van der Waals surface area contributed by atoms with Gasteiger partial charge in [0.15, 0.2) is 0 Å². The summed E-state index contributed by atoms with van der Waals surface area (Å²) >= 11 is 0. The van der Waals surface area contributed by atoms with E-state index in [9.17, 15) is 9.59 Å². The summed E-state index contributed by atoms with van der Waals surface area (Å²) in [4.78, 5) is 23.7. The highest BCUT2D eigenvalue weighted by molar-refractivity contribution is 5.96. The summed E-state index contributed by atoms with van der Waals surface area (Å²) in [6.45, 7) is 1.81. The Morgan fingerprint density at radius 3 is 2.82 bits per heavy atom. The molecule has 1 aliphatic heterocycles. The smallest absolute Gasteiger partial charge is 0.337 e. The lowest BCUT2D eigenvalue weighted by molar-refractivity contribution is -0.137. The van der Waals surface area contributed by atoms with Crippen LogP contribution in [0.5, 0.6) is 0 Å². The van der Waals surface area contributed by atoms with Gasteiger partial charge in [0.1, 0.15) is 17.1 Å². The predicted molar refractivity (Wildman–Crippen MR) is 59.1 cm³/mol. The Balaban J connectivity index is 2.13. The fourth-order valence-electron chi connectivity index (χ4n) is 4.12.